The summed E-state index contributed by atoms with van der Waals surface area (Å²) in [7, 11) is 1.99. The second-order valence-corrected chi connectivity index (χ2v) is 10.3. The number of aryl methyl sites for hydroxylation is 1. The number of rotatable bonds is 8. The summed E-state index contributed by atoms with van der Waals surface area (Å²) < 4.78 is 22.6. The number of thioether (sulfide) groups is 1. The van der Waals surface area contributed by atoms with Crippen molar-refractivity contribution in [1.82, 2.24) is 19.1 Å². The molecule has 1 aliphatic heterocycles. The van der Waals surface area contributed by atoms with Crippen molar-refractivity contribution in [3.8, 4) is 17.0 Å². The van der Waals surface area contributed by atoms with Gasteiger partial charge in [-0.05, 0) is 42.7 Å². The molecule has 2 atom stereocenters. The maximum absolute atomic E-state index is 8.36. The minimum atomic E-state index is -1.50. The van der Waals surface area contributed by atoms with Gasteiger partial charge in [0, 0.05) is 41.8 Å². The van der Waals surface area contributed by atoms with Gasteiger partial charge in [0.15, 0.2) is 5.16 Å². The fourth-order valence-electron chi connectivity index (χ4n) is 4.06. The number of ether oxygens (including phenoxy) is 3. The third-order valence-corrected chi connectivity index (χ3v) is 7.05. The average molecular weight is 657 g/mol. The van der Waals surface area contributed by atoms with Crippen LogP contribution in [0.2, 0.25) is 10.0 Å². The minimum absolute atomic E-state index is 0.287. The molecule has 1 aliphatic rings. The van der Waals surface area contributed by atoms with Crippen LogP contribution in [0.1, 0.15) is 5.56 Å². The summed E-state index contributed by atoms with van der Waals surface area (Å²) in [5.74, 6) is -0.330. The predicted molar refractivity (Wildman–Crippen MR) is 155 cm³/mol. The van der Waals surface area contributed by atoms with E-state index in [1.165, 1.54) is 0 Å². The number of aromatic nitrogens is 4. The number of halogens is 2. The Hall–Kier alpha value is -4.09. The lowest BCUT2D eigenvalue weighted by Gasteiger charge is -2.30. The third kappa shape index (κ3) is 9.72. The molecule has 18 heteroatoms. The Kier molecular flexibility index (Phi) is 12.0. The van der Waals surface area contributed by atoms with Crippen LogP contribution in [0.5, 0.6) is 5.75 Å². The zero-order valence-corrected chi connectivity index (χ0v) is 25.0. The van der Waals surface area contributed by atoms with E-state index in [0.29, 0.717) is 35.4 Å². The molecule has 2 unspecified atom stereocenters. The van der Waals surface area contributed by atoms with E-state index in [4.69, 9.17) is 68.1 Å². The SMILES string of the molecule is CSc1nc(-c2ccc(OCC3COC(Cn4ccnc4)(c4ccc(Cl)cc4Cl)O3)cc2)cn1C.O=[N+]([O-])O.O=[N+]([O-])O. The molecule has 0 bridgehead atoms. The van der Waals surface area contributed by atoms with Gasteiger partial charge in [0.25, 0.3) is 10.2 Å². The fourth-order valence-corrected chi connectivity index (χ4v) is 5.15. The highest BCUT2D eigenvalue weighted by Gasteiger charge is 2.45. The first kappa shape index (κ1) is 33.4. The lowest BCUT2D eigenvalue weighted by Crippen LogP contribution is -2.34. The highest BCUT2D eigenvalue weighted by Crippen LogP contribution is 2.40. The van der Waals surface area contributed by atoms with E-state index in [1.807, 2.05) is 65.2 Å². The standard InChI is InChI=1S/C25H24Cl2N4O3S.2HNO3/c1-30-12-23(29-24(30)35-2)17-3-6-19(7-4-17)32-13-20-14-33-25(34-20,15-31-10-9-28-16-31)21-8-5-18(26)11-22(21)27;2*2-1(3)4/h3-12,16,20H,13-15H2,1-2H3;2*(H,2,3,4). The van der Waals surface area contributed by atoms with Gasteiger partial charge in [-0.25, -0.2) is 9.97 Å². The van der Waals surface area contributed by atoms with Gasteiger partial charge in [0.05, 0.1) is 30.2 Å². The summed E-state index contributed by atoms with van der Waals surface area (Å²) in [6, 6.07) is 13.2. The number of imidazole rings is 2. The maximum Gasteiger partial charge on any atom is 0.291 e. The maximum atomic E-state index is 8.36. The fraction of sp³-hybridized carbons (Fsp3) is 0.280. The van der Waals surface area contributed by atoms with Crippen LogP contribution < -0.4 is 4.74 Å². The lowest BCUT2D eigenvalue weighted by molar-refractivity contribution is -0.742. The summed E-state index contributed by atoms with van der Waals surface area (Å²) in [5, 5.41) is 29.3. The van der Waals surface area contributed by atoms with Crippen molar-refractivity contribution in [1.29, 1.82) is 0 Å². The van der Waals surface area contributed by atoms with E-state index in [0.717, 1.165) is 22.2 Å². The second kappa shape index (κ2) is 15.4. The summed E-state index contributed by atoms with van der Waals surface area (Å²) in [4.78, 5) is 25.5. The van der Waals surface area contributed by atoms with Crippen LogP contribution in [0.15, 0.2) is 72.5 Å². The van der Waals surface area contributed by atoms with Gasteiger partial charge in [-0.2, -0.15) is 0 Å². The van der Waals surface area contributed by atoms with Crippen molar-refractivity contribution < 1.29 is 34.8 Å². The minimum Gasteiger partial charge on any atom is -0.491 e. The van der Waals surface area contributed by atoms with Crippen LogP contribution in [0.3, 0.4) is 0 Å². The molecule has 0 saturated carbocycles. The largest absolute Gasteiger partial charge is 0.491 e. The zero-order valence-electron chi connectivity index (χ0n) is 22.6. The molecule has 230 valence electrons. The van der Waals surface area contributed by atoms with E-state index in [1.54, 1.807) is 36.4 Å². The molecule has 1 saturated heterocycles. The van der Waals surface area contributed by atoms with Crippen molar-refractivity contribution >= 4 is 35.0 Å². The number of nitrogens with zero attached hydrogens (tertiary/aromatic N) is 6. The summed E-state index contributed by atoms with van der Waals surface area (Å²) in [6.45, 7) is 1.08. The first-order valence-electron chi connectivity index (χ1n) is 12.1. The van der Waals surface area contributed by atoms with Crippen LogP contribution in [0.25, 0.3) is 11.3 Å². The van der Waals surface area contributed by atoms with E-state index in [2.05, 4.69) is 9.97 Å². The van der Waals surface area contributed by atoms with Gasteiger partial charge < -0.3 is 33.8 Å². The third-order valence-electron chi connectivity index (χ3n) is 5.75. The van der Waals surface area contributed by atoms with Crippen molar-refractivity contribution in [2.75, 3.05) is 19.5 Å². The molecule has 15 nitrogen and oxygen atoms in total. The second-order valence-electron chi connectivity index (χ2n) is 8.70. The van der Waals surface area contributed by atoms with Gasteiger partial charge in [-0.3, -0.25) is 0 Å². The van der Waals surface area contributed by atoms with E-state index >= 15 is 0 Å². The topological polar surface area (TPSA) is 190 Å². The van der Waals surface area contributed by atoms with Crippen LogP contribution >= 0.6 is 35.0 Å². The van der Waals surface area contributed by atoms with Crippen molar-refractivity contribution in [2.45, 2.75) is 23.6 Å². The molecule has 0 aliphatic carbocycles. The molecular weight excluding hydrogens is 631 g/mol. The Labute approximate surface area is 258 Å². The molecule has 1 fully saturated rings. The molecule has 4 aromatic rings. The Morgan fingerprint density at radius 2 is 1.84 bits per heavy atom. The Morgan fingerprint density at radius 1 is 1.16 bits per heavy atom. The number of benzene rings is 2. The molecule has 5 rings (SSSR count). The summed E-state index contributed by atoms with van der Waals surface area (Å²) in [6.07, 6.45) is 9.03. The molecule has 0 spiro atoms. The van der Waals surface area contributed by atoms with Crippen molar-refractivity contribution in [3.63, 3.8) is 0 Å². The van der Waals surface area contributed by atoms with E-state index < -0.39 is 16.0 Å². The Bertz CT molecular complexity index is 1490. The number of hydrogen-bond donors (Lipinski definition) is 2. The normalized spacial score (nSPS) is 17.3. The van der Waals surface area contributed by atoms with Crippen molar-refractivity contribution in [3.05, 3.63) is 103 Å². The monoisotopic (exact) mass is 656 g/mol. The quantitative estimate of drug-likeness (QED) is 0.147. The molecule has 2 aromatic carbocycles. The molecule has 2 N–H and O–H groups in total. The predicted octanol–water partition coefficient (Wildman–Crippen LogP) is 4.96. The van der Waals surface area contributed by atoms with Gasteiger partial charge in [0.1, 0.15) is 18.5 Å². The highest BCUT2D eigenvalue weighted by molar-refractivity contribution is 7.98. The highest BCUT2D eigenvalue weighted by atomic mass is 35.5. The summed E-state index contributed by atoms with van der Waals surface area (Å²) >= 11 is 14.3. The number of hydrogen-bond acceptors (Lipinski definition) is 10. The molecule has 0 amide bonds. The first-order valence-corrected chi connectivity index (χ1v) is 14.1. The van der Waals surface area contributed by atoms with Crippen molar-refractivity contribution in [2.24, 2.45) is 7.05 Å². The van der Waals surface area contributed by atoms with Gasteiger partial charge in [-0.1, -0.05) is 41.0 Å². The van der Waals surface area contributed by atoms with Crippen LogP contribution in [0.4, 0.5) is 0 Å². The molecular formula is C25H26Cl2N6O9S. The molecule has 2 aromatic heterocycles. The Balaban J connectivity index is 0.000000566. The van der Waals surface area contributed by atoms with E-state index in [-0.39, 0.29) is 6.10 Å². The summed E-state index contributed by atoms with van der Waals surface area (Å²) in [5.41, 5.74) is 2.68. The van der Waals surface area contributed by atoms with Gasteiger partial charge >= 0.3 is 0 Å². The van der Waals surface area contributed by atoms with Crippen LogP contribution in [0, 0.1) is 20.2 Å². The van der Waals surface area contributed by atoms with Crippen LogP contribution in [-0.2, 0) is 28.9 Å². The molecule has 0 radical (unpaired) electrons. The van der Waals surface area contributed by atoms with Gasteiger partial charge in [0.2, 0.25) is 5.79 Å². The molecule has 43 heavy (non-hydrogen) atoms. The zero-order chi connectivity index (χ0) is 31.6. The van der Waals surface area contributed by atoms with E-state index in [9.17, 15) is 0 Å². The Morgan fingerprint density at radius 3 is 2.40 bits per heavy atom. The molecule has 3 heterocycles. The average Bonchev–Trinajstić information content (AvgIpc) is 3.68. The smallest absolute Gasteiger partial charge is 0.291 e. The van der Waals surface area contributed by atoms with Crippen LogP contribution in [-0.4, -0.2) is 65.3 Å². The first-order chi connectivity index (χ1) is 20.4. The lowest BCUT2D eigenvalue weighted by atomic mass is 10.1. The van der Waals surface area contributed by atoms with Gasteiger partial charge in [-0.15, -0.1) is 20.2 Å².